The normalized spacial score (nSPS) is 15.3. The number of amides is 1. The van der Waals surface area contributed by atoms with Gasteiger partial charge in [0.15, 0.2) is 0 Å². The Kier molecular flexibility index (Phi) is 5.64. The number of hydrogen-bond donors (Lipinski definition) is 1. The van der Waals surface area contributed by atoms with Crippen molar-refractivity contribution in [3.05, 3.63) is 93.4 Å². The number of carbonyl (C=O) groups excluding carboxylic acids is 1. The van der Waals surface area contributed by atoms with Crippen molar-refractivity contribution in [3.63, 3.8) is 0 Å². The molecule has 7 heteroatoms. The van der Waals surface area contributed by atoms with Crippen molar-refractivity contribution in [2.75, 3.05) is 13.1 Å². The Hall–Kier alpha value is -3.22. The summed E-state index contributed by atoms with van der Waals surface area (Å²) in [5, 5.41) is 4.03. The fourth-order valence-corrected chi connectivity index (χ4v) is 4.43. The number of piperidine rings is 1. The Balaban J connectivity index is 1.28. The molecule has 2 aromatic heterocycles. The predicted molar refractivity (Wildman–Crippen MR) is 126 cm³/mol. The zero-order chi connectivity index (χ0) is 22.1. The molecule has 5 rings (SSSR count). The first-order valence-corrected chi connectivity index (χ1v) is 11.1. The van der Waals surface area contributed by atoms with E-state index < -0.39 is 0 Å². The van der Waals surface area contributed by atoms with Crippen LogP contribution in [0.2, 0.25) is 5.02 Å². The third-order valence-electron chi connectivity index (χ3n) is 6.00. The topological polar surface area (TPSA) is 66.7 Å². The predicted octanol–water partition coefficient (Wildman–Crippen LogP) is 3.90. The molecule has 1 aliphatic rings. The molecule has 0 aliphatic carbocycles. The second-order valence-electron chi connectivity index (χ2n) is 8.23. The number of halogens is 1. The first kappa shape index (κ1) is 20.7. The highest BCUT2D eigenvalue weighted by Gasteiger charge is 2.21. The largest absolute Gasteiger partial charge is 0.349 e. The number of fused-ring (bicyclic) bond motifs is 2. The van der Waals surface area contributed by atoms with Crippen LogP contribution in [0.5, 0.6) is 0 Å². The number of likely N-dealkylation sites (tertiary alicyclic amines) is 1. The van der Waals surface area contributed by atoms with Gasteiger partial charge in [0.1, 0.15) is 5.65 Å². The number of rotatable bonds is 4. The van der Waals surface area contributed by atoms with Gasteiger partial charge in [0.25, 0.3) is 11.5 Å². The minimum atomic E-state index is -0.239. The van der Waals surface area contributed by atoms with E-state index in [1.807, 2.05) is 6.07 Å². The molecule has 0 saturated carbocycles. The van der Waals surface area contributed by atoms with E-state index in [-0.39, 0.29) is 17.5 Å². The maximum atomic E-state index is 12.9. The Labute approximate surface area is 190 Å². The molecule has 1 aliphatic heterocycles. The first-order chi connectivity index (χ1) is 15.6. The molecule has 1 amide bonds. The molecule has 0 spiro atoms. The smallest absolute Gasteiger partial charge is 0.265 e. The fourth-order valence-electron chi connectivity index (χ4n) is 4.26. The van der Waals surface area contributed by atoms with E-state index in [9.17, 15) is 9.59 Å². The minimum absolute atomic E-state index is 0.121. The van der Waals surface area contributed by atoms with Gasteiger partial charge >= 0.3 is 0 Å². The molecule has 0 atom stereocenters. The average molecular weight is 447 g/mol. The summed E-state index contributed by atoms with van der Waals surface area (Å²) in [5.41, 5.74) is 2.58. The Morgan fingerprint density at radius 2 is 1.84 bits per heavy atom. The van der Waals surface area contributed by atoms with E-state index in [2.05, 4.69) is 39.5 Å². The second-order valence-corrected chi connectivity index (χ2v) is 8.67. The number of nitrogens with one attached hydrogen (secondary N) is 1. The summed E-state index contributed by atoms with van der Waals surface area (Å²) in [6, 6.07) is 19.0. The lowest BCUT2D eigenvalue weighted by molar-refractivity contribution is 0.0908. The summed E-state index contributed by atoms with van der Waals surface area (Å²) in [6.45, 7) is 2.81. The third kappa shape index (κ3) is 4.24. The zero-order valence-corrected chi connectivity index (χ0v) is 18.3. The van der Waals surface area contributed by atoms with Crippen LogP contribution in [0.15, 0.2) is 71.7 Å². The van der Waals surface area contributed by atoms with Gasteiger partial charge in [-0.05, 0) is 48.7 Å². The van der Waals surface area contributed by atoms with Gasteiger partial charge in [0.05, 0.1) is 16.5 Å². The van der Waals surface area contributed by atoms with Crippen LogP contribution in [0, 0.1) is 0 Å². The molecular weight excluding hydrogens is 424 g/mol. The van der Waals surface area contributed by atoms with Crippen molar-refractivity contribution in [2.24, 2.45) is 0 Å². The van der Waals surface area contributed by atoms with Crippen LogP contribution in [-0.4, -0.2) is 39.3 Å². The van der Waals surface area contributed by atoms with Crippen LogP contribution < -0.4 is 10.9 Å². The van der Waals surface area contributed by atoms with Crippen molar-refractivity contribution in [1.29, 1.82) is 0 Å². The molecule has 2 aromatic carbocycles. The van der Waals surface area contributed by atoms with E-state index in [1.54, 1.807) is 36.5 Å². The van der Waals surface area contributed by atoms with E-state index in [0.29, 0.717) is 27.1 Å². The molecule has 1 saturated heterocycles. The Morgan fingerprint density at radius 1 is 1.06 bits per heavy atom. The lowest BCUT2D eigenvalue weighted by Crippen LogP contribution is -2.44. The van der Waals surface area contributed by atoms with Gasteiger partial charge in [-0.1, -0.05) is 41.9 Å². The SMILES string of the molecule is O=C(NC1CCN(Cc2ccccc2)CC1)c1ccc2nc3ccc(Cl)cc3c(=O)n2c1. The van der Waals surface area contributed by atoms with Crippen LogP contribution >= 0.6 is 11.6 Å². The average Bonchev–Trinajstić information content (AvgIpc) is 2.81. The third-order valence-corrected chi connectivity index (χ3v) is 6.24. The number of aromatic nitrogens is 2. The number of benzene rings is 2. The van der Waals surface area contributed by atoms with Crippen LogP contribution in [0.1, 0.15) is 28.8 Å². The first-order valence-electron chi connectivity index (χ1n) is 10.8. The highest BCUT2D eigenvalue weighted by atomic mass is 35.5. The summed E-state index contributed by atoms with van der Waals surface area (Å²) in [6.07, 6.45) is 3.36. The number of hydrogen-bond acceptors (Lipinski definition) is 4. The zero-order valence-electron chi connectivity index (χ0n) is 17.5. The quantitative estimate of drug-likeness (QED) is 0.483. The van der Waals surface area contributed by atoms with Crippen molar-refractivity contribution in [3.8, 4) is 0 Å². The van der Waals surface area contributed by atoms with Crippen molar-refractivity contribution < 1.29 is 4.79 Å². The molecule has 162 valence electrons. The number of nitrogens with zero attached hydrogens (tertiary/aromatic N) is 3. The van der Waals surface area contributed by atoms with Crippen molar-refractivity contribution in [1.82, 2.24) is 19.6 Å². The van der Waals surface area contributed by atoms with Gasteiger partial charge < -0.3 is 5.32 Å². The highest BCUT2D eigenvalue weighted by molar-refractivity contribution is 6.31. The highest BCUT2D eigenvalue weighted by Crippen LogP contribution is 2.17. The standard InChI is InChI=1S/C25H23ClN4O2/c26-19-7-8-22-21(14-19)25(32)30-16-18(6-9-23(30)28-22)24(31)27-20-10-12-29(13-11-20)15-17-4-2-1-3-5-17/h1-9,14,16,20H,10-13,15H2,(H,27,31). The summed E-state index contributed by atoms with van der Waals surface area (Å²) < 4.78 is 1.41. The maximum absolute atomic E-state index is 12.9. The second kappa shape index (κ2) is 8.73. The molecular formula is C25H23ClN4O2. The molecule has 1 N–H and O–H groups in total. The van der Waals surface area contributed by atoms with Gasteiger partial charge in [-0.2, -0.15) is 0 Å². The van der Waals surface area contributed by atoms with Gasteiger partial charge in [-0.3, -0.25) is 18.9 Å². The maximum Gasteiger partial charge on any atom is 0.265 e. The molecule has 1 fully saturated rings. The van der Waals surface area contributed by atoms with E-state index in [1.165, 1.54) is 9.96 Å². The van der Waals surface area contributed by atoms with E-state index in [0.717, 1.165) is 32.5 Å². The molecule has 32 heavy (non-hydrogen) atoms. The van der Waals surface area contributed by atoms with Crippen molar-refractivity contribution in [2.45, 2.75) is 25.4 Å². The van der Waals surface area contributed by atoms with Gasteiger partial charge in [0, 0.05) is 36.9 Å². The molecule has 0 unspecified atom stereocenters. The van der Waals surface area contributed by atoms with Gasteiger partial charge in [0.2, 0.25) is 0 Å². The fraction of sp³-hybridized carbons (Fsp3) is 0.240. The molecule has 0 radical (unpaired) electrons. The van der Waals surface area contributed by atoms with E-state index in [4.69, 9.17) is 11.6 Å². The minimum Gasteiger partial charge on any atom is -0.349 e. The van der Waals surface area contributed by atoms with E-state index >= 15 is 0 Å². The van der Waals surface area contributed by atoms with Crippen LogP contribution in [0.25, 0.3) is 16.6 Å². The van der Waals surface area contributed by atoms with Gasteiger partial charge in [-0.25, -0.2) is 4.98 Å². The van der Waals surface area contributed by atoms with Crippen LogP contribution in [-0.2, 0) is 6.54 Å². The number of carbonyl (C=O) groups is 1. The number of pyridine rings is 1. The molecule has 0 bridgehead atoms. The Morgan fingerprint density at radius 3 is 2.62 bits per heavy atom. The summed E-state index contributed by atoms with van der Waals surface area (Å²) in [5.74, 6) is -0.175. The van der Waals surface area contributed by atoms with Crippen molar-refractivity contribution >= 4 is 34.1 Å². The summed E-state index contributed by atoms with van der Waals surface area (Å²) in [4.78, 5) is 32.7. The summed E-state index contributed by atoms with van der Waals surface area (Å²) >= 11 is 6.04. The Bertz CT molecular complexity index is 1340. The molecule has 4 aromatic rings. The van der Waals surface area contributed by atoms with Crippen LogP contribution in [0.4, 0.5) is 0 Å². The van der Waals surface area contributed by atoms with Gasteiger partial charge in [-0.15, -0.1) is 0 Å². The molecule has 3 heterocycles. The monoisotopic (exact) mass is 446 g/mol. The summed E-state index contributed by atoms with van der Waals surface area (Å²) in [7, 11) is 0. The lowest BCUT2D eigenvalue weighted by atomic mass is 10.0. The molecule has 6 nitrogen and oxygen atoms in total. The lowest BCUT2D eigenvalue weighted by Gasteiger charge is -2.32. The van der Waals surface area contributed by atoms with Crippen LogP contribution in [0.3, 0.4) is 0 Å².